The Morgan fingerprint density at radius 3 is 1.74 bits per heavy atom. The number of para-hydroxylation sites is 2. The summed E-state index contributed by atoms with van der Waals surface area (Å²) in [6.45, 7) is 0. The highest BCUT2D eigenvalue weighted by Crippen LogP contribution is 2.27. The molecule has 0 aliphatic carbocycles. The molecule has 0 spiro atoms. The van der Waals surface area contributed by atoms with E-state index >= 15 is 0 Å². The Hall–Kier alpha value is -4.27. The van der Waals surface area contributed by atoms with E-state index in [0.29, 0.717) is 21.7 Å². The molecule has 2 heterocycles. The lowest BCUT2D eigenvalue weighted by Gasteiger charge is -2.10. The van der Waals surface area contributed by atoms with Gasteiger partial charge >= 0.3 is 0 Å². The third-order valence-corrected chi connectivity index (χ3v) is 7.23. The number of amides is 2. The average molecular weight is 579 g/mol. The van der Waals surface area contributed by atoms with E-state index in [2.05, 4.69) is 41.7 Å². The smallest absolute Gasteiger partial charge is 0.234 e. The summed E-state index contributed by atoms with van der Waals surface area (Å²) < 4.78 is 3.12. The van der Waals surface area contributed by atoms with Crippen molar-refractivity contribution in [2.75, 3.05) is 22.1 Å². The molecule has 39 heavy (non-hydrogen) atoms. The molecule has 0 saturated heterocycles. The molecule has 2 aromatic heterocycles. The maximum atomic E-state index is 12.5. The lowest BCUT2D eigenvalue weighted by Crippen LogP contribution is -2.16. The third-order valence-electron chi connectivity index (χ3n) is 5.07. The van der Waals surface area contributed by atoms with E-state index in [-0.39, 0.29) is 28.3 Å². The summed E-state index contributed by atoms with van der Waals surface area (Å²) >= 11 is 8.76. The summed E-state index contributed by atoms with van der Waals surface area (Å²) in [5.74, 6) is -0.387. The number of aromatic nitrogens is 8. The number of carbonyl (C=O) groups excluding carboxylic acids is 2. The lowest BCUT2D eigenvalue weighted by atomic mass is 10.2. The Balaban J connectivity index is 1.12. The monoisotopic (exact) mass is 578 g/mol. The van der Waals surface area contributed by atoms with Crippen LogP contribution >= 0.6 is 35.1 Å². The highest BCUT2D eigenvalue weighted by molar-refractivity contribution is 8.00. The number of nitrogens with zero attached hydrogens (tertiary/aromatic N) is 8. The Morgan fingerprint density at radius 1 is 0.718 bits per heavy atom. The zero-order valence-electron chi connectivity index (χ0n) is 20.0. The number of anilines is 2. The number of thioether (sulfide) groups is 2. The molecule has 0 unspecified atom stereocenters. The van der Waals surface area contributed by atoms with Crippen LogP contribution in [0.4, 0.5) is 11.4 Å². The van der Waals surface area contributed by atoms with Gasteiger partial charge in [-0.25, -0.2) is 0 Å². The van der Waals surface area contributed by atoms with Crippen LogP contribution in [0, 0.1) is 0 Å². The van der Waals surface area contributed by atoms with Crippen molar-refractivity contribution in [1.29, 1.82) is 0 Å². The van der Waals surface area contributed by atoms with Gasteiger partial charge in [0.25, 0.3) is 0 Å². The van der Waals surface area contributed by atoms with Crippen molar-refractivity contribution in [3.05, 3.63) is 83.9 Å². The zero-order chi connectivity index (χ0) is 27.0. The first-order valence-electron chi connectivity index (χ1n) is 11.4. The van der Waals surface area contributed by atoms with Gasteiger partial charge in [-0.15, -0.1) is 10.2 Å². The second-order valence-corrected chi connectivity index (χ2v) is 10.1. The number of rotatable bonds is 10. The Labute approximate surface area is 235 Å². The van der Waals surface area contributed by atoms with E-state index in [1.807, 2.05) is 60.7 Å². The molecule has 3 aromatic carbocycles. The predicted molar refractivity (Wildman–Crippen MR) is 148 cm³/mol. The molecule has 5 rings (SSSR count). The molecule has 0 fully saturated rings. The zero-order valence-corrected chi connectivity index (χ0v) is 22.4. The summed E-state index contributed by atoms with van der Waals surface area (Å²) in [5.41, 5.74) is 2.49. The first kappa shape index (κ1) is 26.3. The molecule has 5 aromatic rings. The average Bonchev–Trinajstić information content (AvgIpc) is 3.63. The molecule has 0 aliphatic heterocycles. The number of benzene rings is 3. The van der Waals surface area contributed by atoms with Gasteiger partial charge in [0.2, 0.25) is 22.1 Å². The molecule has 0 atom stereocenters. The van der Waals surface area contributed by atoms with Gasteiger partial charge in [-0.05, 0) is 63.3 Å². The minimum Gasteiger partial charge on any atom is -0.325 e. The molecule has 15 heteroatoms. The van der Waals surface area contributed by atoms with E-state index in [1.54, 1.807) is 27.6 Å². The minimum atomic E-state index is -0.283. The maximum Gasteiger partial charge on any atom is 0.234 e. The summed E-state index contributed by atoms with van der Waals surface area (Å²) in [5, 5.41) is 30.1. The third kappa shape index (κ3) is 6.79. The molecule has 0 saturated carbocycles. The molecule has 0 aliphatic rings. The van der Waals surface area contributed by atoms with Gasteiger partial charge in [0, 0.05) is 5.69 Å². The van der Waals surface area contributed by atoms with E-state index in [4.69, 9.17) is 11.6 Å². The van der Waals surface area contributed by atoms with Crippen molar-refractivity contribution in [1.82, 2.24) is 40.4 Å². The van der Waals surface area contributed by atoms with E-state index in [9.17, 15) is 9.59 Å². The van der Waals surface area contributed by atoms with Gasteiger partial charge in [-0.3, -0.25) is 9.59 Å². The highest BCUT2D eigenvalue weighted by Gasteiger charge is 2.14. The van der Waals surface area contributed by atoms with Gasteiger partial charge in [0.1, 0.15) is 0 Å². The second-order valence-electron chi connectivity index (χ2n) is 7.79. The Bertz CT molecular complexity index is 1580. The molecular formula is C24H19ClN10O2S2. The molecule has 0 radical (unpaired) electrons. The fourth-order valence-electron chi connectivity index (χ4n) is 3.34. The summed E-state index contributed by atoms with van der Waals surface area (Å²) in [6.07, 6.45) is 0. The van der Waals surface area contributed by atoms with Crippen LogP contribution in [-0.2, 0) is 9.59 Å². The van der Waals surface area contributed by atoms with Crippen LogP contribution in [0.25, 0.3) is 11.4 Å². The largest absolute Gasteiger partial charge is 0.325 e. The number of nitrogens with one attached hydrogen (secondary N) is 2. The number of hydrogen-bond acceptors (Lipinski definition) is 10. The van der Waals surface area contributed by atoms with Crippen LogP contribution in [0.2, 0.25) is 5.02 Å². The number of hydrogen-bond donors (Lipinski definition) is 2. The van der Waals surface area contributed by atoms with Crippen LogP contribution in [0.3, 0.4) is 0 Å². The molecule has 0 bridgehead atoms. The van der Waals surface area contributed by atoms with Crippen LogP contribution in [-0.4, -0.2) is 63.7 Å². The molecule has 2 amide bonds. The molecule has 12 nitrogen and oxygen atoms in total. The van der Waals surface area contributed by atoms with Crippen LogP contribution in [0.1, 0.15) is 0 Å². The highest BCUT2D eigenvalue weighted by atomic mass is 35.5. The number of tetrazole rings is 2. The lowest BCUT2D eigenvalue weighted by molar-refractivity contribution is -0.114. The topological polar surface area (TPSA) is 145 Å². The summed E-state index contributed by atoms with van der Waals surface area (Å²) in [7, 11) is 0. The molecule has 2 N–H and O–H groups in total. The van der Waals surface area contributed by atoms with Gasteiger partial charge in [-0.2, -0.15) is 9.36 Å². The number of halogens is 1. The Morgan fingerprint density at radius 2 is 1.23 bits per heavy atom. The van der Waals surface area contributed by atoms with Gasteiger partial charge in [0.05, 0.1) is 33.6 Å². The maximum absolute atomic E-state index is 12.5. The van der Waals surface area contributed by atoms with Crippen molar-refractivity contribution < 1.29 is 9.59 Å². The van der Waals surface area contributed by atoms with Crippen LogP contribution < -0.4 is 10.6 Å². The number of carbonyl (C=O) groups is 2. The quantitative estimate of drug-likeness (QED) is 0.235. The van der Waals surface area contributed by atoms with Crippen molar-refractivity contribution in [2.45, 2.75) is 10.3 Å². The van der Waals surface area contributed by atoms with Gasteiger partial charge in [-0.1, -0.05) is 71.5 Å². The fraction of sp³-hybridized carbons (Fsp3) is 0.0833. The van der Waals surface area contributed by atoms with Gasteiger partial charge < -0.3 is 10.6 Å². The normalized spacial score (nSPS) is 10.8. The Kier molecular flexibility index (Phi) is 8.45. The van der Waals surface area contributed by atoms with Crippen molar-refractivity contribution >= 4 is 58.3 Å². The first-order valence-corrected chi connectivity index (χ1v) is 13.7. The SMILES string of the molecule is O=C(CSc1nnnn1-c1ccccc1)Nc1ccc(NC(=O)CSc2nnnn2-c2ccccc2)c(Cl)c1. The molecular weight excluding hydrogens is 560 g/mol. The molecule has 196 valence electrons. The van der Waals surface area contributed by atoms with E-state index in [0.717, 1.165) is 11.4 Å². The van der Waals surface area contributed by atoms with Gasteiger partial charge in [0.15, 0.2) is 0 Å². The van der Waals surface area contributed by atoms with Crippen molar-refractivity contribution in [2.24, 2.45) is 0 Å². The van der Waals surface area contributed by atoms with Crippen molar-refractivity contribution in [3.8, 4) is 11.4 Å². The minimum absolute atomic E-state index is 0.0711. The first-order chi connectivity index (χ1) is 19.1. The van der Waals surface area contributed by atoms with Crippen LogP contribution in [0.5, 0.6) is 0 Å². The van der Waals surface area contributed by atoms with Crippen molar-refractivity contribution in [3.63, 3.8) is 0 Å². The fourth-order valence-corrected chi connectivity index (χ4v) is 4.95. The summed E-state index contributed by atoms with van der Waals surface area (Å²) in [4.78, 5) is 25.1. The predicted octanol–water partition coefficient (Wildman–Crippen LogP) is 3.75. The van der Waals surface area contributed by atoms with E-state index in [1.165, 1.54) is 23.5 Å². The standard InChI is InChI=1S/C24H19ClN10O2S2/c25-19-13-16(26-21(36)14-38-23-28-30-32-34(23)17-7-3-1-4-8-17)11-12-20(19)27-22(37)15-39-24-29-31-33-35(24)18-9-5-2-6-10-18/h1-13H,14-15H2,(H,26,36)(H,27,37). The second kappa shape index (κ2) is 12.5. The van der Waals surface area contributed by atoms with E-state index < -0.39 is 0 Å². The summed E-state index contributed by atoms with van der Waals surface area (Å²) in [6, 6.07) is 23.6. The van der Waals surface area contributed by atoms with Crippen LogP contribution in [0.15, 0.2) is 89.2 Å².